The van der Waals surface area contributed by atoms with Gasteiger partial charge in [-0.1, -0.05) is 12.1 Å². The van der Waals surface area contributed by atoms with Crippen LogP contribution >= 0.6 is 0 Å². The average molecular weight is 366 g/mol. The molecule has 0 fully saturated rings. The largest absolute Gasteiger partial charge is 0.469 e. The zero-order valence-corrected chi connectivity index (χ0v) is 15.1. The number of carbonyl (C=O) groups is 2. The Kier molecular flexibility index (Phi) is 5.71. The number of amides is 2. The molecule has 0 aliphatic carbocycles. The molecular formula is C20H22N4O3. The molecule has 3 aromatic rings. The third kappa shape index (κ3) is 4.63. The van der Waals surface area contributed by atoms with Crippen molar-refractivity contribution in [2.75, 3.05) is 6.54 Å². The first-order chi connectivity index (χ1) is 13.0. The second-order valence-corrected chi connectivity index (χ2v) is 6.31. The minimum atomic E-state index is -0.528. The topological polar surface area (TPSA) is 103 Å². The van der Waals surface area contributed by atoms with Gasteiger partial charge >= 0.3 is 0 Å². The third-order valence-corrected chi connectivity index (χ3v) is 4.33. The summed E-state index contributed by atoms with van der Waals surface area (Å²) in [7, 11) is 0. The van der Waals surface area contributed by atoms with Crippen molar-refractivity contribution in [2.45, 2.75) is 25.8 Å². The lowest BCUT2D eigenvalue weighted by atomic mass is 10.1. The number of nitrogens with two attached hydrogens (primary N) is 1. The van der Waals surface area contributed by atoms with Gasteiger partial charge in [0, 0.05) is 30.3 Å². The molecule has 3 rings (SSSR count). The number of carbonyl (C=O) groups excluding carboxylic acids is 2. The van der Waals surface area contributed by atoms with E-state index in [1.54, 1.807) is 37.7 Å². The standard InChI is InChI=1S/C20H22N4O3/c1-14(19(21)25)24-13-17(12-23-24)15-5-2-6-16(11-15)20(26)22-9-3-7-18-8-4-10-27-18/h2,4-6,8,10-14H,3,7,9H2,1H3,(H2,21,25)(H,22,26). The third-order valence-electron chi connectivity index (χ3n) is 4.33. The monoisotopic (exact) mass is 366 g/mol. The number of furan rings is 1. The molecule has 2 heterocycles. The first-order valence-corrected chi connectivity index (χ1v) is 8.79. The van der Waals surface area contributed by atoms with Crippen LogP contribution in [0.1, 0.15) is 35.5 Å². The van der Waals surface area contributed by atoms with E-state index in [1.165, 1.54) is 4.68 Å². The Morgan fingerprint density at radius 2 is 2.11 bits per heavy atom. The number of rotatable bonds is 8. The normalized spacial score (nSPS) is 11.9. The van der Waals surface area contributed by atoms with E-state index in [-0.39, 0.29) is 5.91 Å². The highest BCUT2D eigenvalue weighted by Gasteiger charge is 2.13. The van der Waals surface area contributed by atoms with E-state index in [0.717, 1.165) is 29.7 Å². The summed E-state index contributed by atoms with van der Waals surface area (Å²) in [5.74, 6) is 0.329. The van der Waals surface area contributed by atoms with E-state index in [1.807, 2.05) is 24.3 Å². The number of nitrogens with one attached hydrogen (secondary N) is 1. The summed E-state index contributed by atoms with van der Waals surface area (Å²) in [5.41, 5.74) is 7.54. The van der Waals surface area contributed by atoms with Gasteiger partial charge in [0.2, 0.25) is 5.91 Å². The minimum absolute atomic E-state index is 0.130. The highest BCUT2D eigenvalue weighted by atomic mass is 16.3. The Labute approximate surface area is 157 Å². The van der Waals surface area contributed by atoms with Crippen molar-refractivity contribution in [3.05, 3.63) is 66.4 Å². The minimum Gasteiger partial charge on any atom is -0.469 e. The molecule has 0 bridgehead atoms. The average Bonchev–Trinajstić information content (AvgIpc) is 3.36. The van der Waals surface area contributed by atoms with Crippen molar-refractivity contribution in [3.8, 4) is 11.1 Å². The van der Waals surface area contributed by atoms with E-state index in [2.05, 4.69) is 10.4 Å². The molecule has 7 nitrogen and oxygen atoms in total. The predicted octanol–water partition coefficient (Wildman–Crippen LogP) is 2.55. The lowest BCUT2D eigenvalue weighted by molar-refractivity contribution is -0.120. The number of benzene rings is 1. The Morgan fingerprint density at radius 3 is 2.85 bits per heavy atom. The highest BCUT2D eigenvalue weighted by Crippen LogP contribution is 2.21. The first-order valence-electron chi connectivity index (χ1n) is 8.79. The molecule has 0 saturated carbocycles. The number of aryl methyl sites for hydroxylation is 1. The molecule has 1 atom stereocenters. The zero-order chi connectivity index (χ0) is 19.2. The Balaban J connectivity index is 1.61. The molecule has 0 aliphatic rings. The molecular weight excluding hydrogens is 344 g/mol. The predicted molar refractivity (Wildman–Crippen MR) is 101 cm³/mol. The fraction of sp³-hybridized carbons (Fsp3) is 0.250. The smallest absolute Gasteiger partial charge is 0.251 e. The highest BCUT2D eigenvalue weighted by molar-refractivity contribution is 5.95. The fourth-order valence-corrected chi connectivity index (χ4v) is 2.69. The van der Waals surface area contributed by atoms with Crippen molar-refractivity contribution in [1.82, 2.24) is 15.1 Å². The van der Waals surface area contributed by atoms with Gasteiger partial charge in [-0.15, -0.1) is 0 Å². The second kappa shape index (κ2) is 8.35. The molecule has 27 heavy (non-hydrogen) atoms. The first kappa shape index (κ1) is 18.4. The summed E-state index contributed by atoms with van der Waals surface area (Å²) in [4.78, 5) is 23.7. The van der Waals surface area contributed by atoms with Gasteiger partial charge in [0.05, 0.1) is 12.5 Å². The summed E-state index contributed by atoms with van der Waals surface area (Å²) >= 11 is 0. The van der Waals surface area contributed by atoms with Crippen LogP contribution in [0.3, 0.4) is 0 Å². The van der Waals surface area contributed by atoms with Crippen molar-refractivity contribution in [2.24, 2.45) is 5.73 Å². The summed E-state index contributed by atoms with van der Waals surface area (Å²) in [6.07, 6.45) is 6.63. The molecule has 7 heteroatoms. The number of hydrogen-bond acceptors (Lipinski definition) is 4. The van der Waals surface area contributed by atoms with Crippen molar-refractivity contribution in [1.29, 1.82) is 0 Å². The number of nitrogens with zero attached hydrogens (tertiary/aromatic N) is 2. The van der Waals surface area contributed by atoms with Gasteiger partial charge in [-0.3, -0.25) is 14.3 Å². The Morgan fingerprint density at radius 1 is 1.26 bits per heavy atom. The van der Waals surface area contributed by atoms with E-state index in [9.17, 15) is 9.59 Å². The van der Waals surface area contributed by atoms with Gasteiger partial charge in [0.15, 0.2) is 0 Å². The summed E-state index contributed by atoms with van der Waals surface area (Å²) < 4.78 is 6.79. The van der Waals surface area contributed by atoms with Crippen LogP contribution in [-0.2, 0) is 11.2 Å². The molecule has 2 amide bonds. The van der Waals surface area contributed by atoms with Gasteiger partial charge in [-0.25, -0.2) is 0 Å². The Hall–Kier alpha value is -3.35. The molecule has 0 saturated heterocycles. The van der Waals surface area contributed by atoms with E-state index < -0.39 is 11.9 Å². The van der Waals surface area contributed by atoms with Crippen LogP contribution in [-0.4, -0.2) is 28.1 Å². The van der Waals surface area contributed by atoms with Crippen LogP contribution in [0.15, 0.2) is 59.5 Å². The lowest BCUT2D eigenvalue weighted by Gasteiger charge is -2.07. The number of aromatic nitrogens is 2. The van der Waals surface area contributed by atoms with Crippen molar-refractivity contribution in [3.63, 3.8) is 0 Å². The number of primary amides is 1. The maximum Gasteiger partial charge on any atom is 0.251 e. The molecule has 0 spiro atoms. The van der Waals surface area contributed by atoms with E-state index in [4.69, 9.17) is 10.2 Å². The molecule has 140 valence electrons. The van der Waals surface area contributed by atoms with Crippen LogP contribution in [0.4, 0.5) is 0 Å². The van der Waals surface area contributed by atoms with Crippen LogP contribution in [0.2, 0.25) is 0 Å². The van der Waals surface area contributed by atoms with Crippen LogP contribution in [0.5, 0.6) is 0 Å². The molecule has 1 unspecified atom stereocenters. The molecule has 2 aromatic heterocycles. The van der Waals surface area contributed by atoms with Gasteiger partial charge in [0.1, 0.15) is 11.8 Å². The maximum absolute atomic E-state index is 12.4. The Bertz CT molecular complexity index is 915. The summed E-state index contributed by atoms with van der Waals surface area (Å²) in [5, 5.41) is 7.10. The number of hydrogen-bond donors (Lipinski definition) is 2. The van der Waals surface area contributed by atoms with E-state index in [0.29, 0.717) is 12.1 Å². The van der Waals surface area contributed by atoms with Gasteiger partial charge in [-0.2, -0.15) is 5.10 Å². The second-order valence-electron chi connectivity index (χ2n) is 6.31. The quantitative estimate of drug-likeness (QED) is 0.598. The van der Waals surface area contributed by atoms with Gasteiger partial charge in [-0.05, 0) is 43.2 Å². The molecule has 3 N–H and O–H groups in total. The molecule has 1 aromatic carbocycles. The molecule has 0 aliphatic heterocycles. The fourth-order valence-electron chi connectivity index (χ4n) is 2.69. The summed E-state index contributed by atoms with van der Waals surface area (Å²) in [6, 6.07) is 10.5. The lowest BCUT2D eigenvalue weighted by Crippen LogP contribution is -2.24. The van der Waals surface area contributed by atoms with Crippen LogP contribution in [0.25, 0.3) is 11.1 Å². The van der Waals surface area contributed by atoms with Gasteiger partial charge < -0.3 is 15.5 Å². The summed E-state index contributed by atoms with van der Waals surface area (Å²) in [6.45, 7) is 2.25. The van der Waals surface area contributed by atoms with E-state index >= 15 is 0 Å². The molecule has 0 radical (unpaired) electrons. The van der Waals surface area contributed by atoms with Gasteiger partial charge in [0.25, 0.3) is 5.91 Å². The zero-order valence-electron chi connectivity index (χ0n) is 15.1. The van der Waals surface area contributed by atoms with Crippen LogP contribution < -0.4 is 11.1 Å². The van der Waals surface area contributed by atoms with Crippen molar-refractivity contribution < 1.29 is 14.0 Å². The van der Waals surface area contributed by atoms with Crippen molar-refractivity contribution >= 4 is 11.8 Å². The SMILES string of the molecule is CC(C(N)=O)n1cc(-c2cccc(C(=O)NCCCc3ccco3)c2)cn1. The van der Waals surface area contributed by atoms with Crippen LogP contribution in [0, 0.1) is 0 Å². The maximum atomic E-state index is 12.4.